The van der Waals surface area contributed by atoms with Gasteiger partial charge in [0.2, 0.25) is 0 Å². The lowest BCUT2D eigenvalue weighted by Crippen LogP contribution is -1.94. The summed E-state index contributed by atoms with van der Waals surface area (Å²) in [4.78, 5) is 0.759. The third-order valence-corrected chi connectivity index (χ3v) is 2.91. The third kappa shape index (κ3) is 2.43. The van der Waals surface area contributed by atoms with Crippen LogP contribution in [0.4, 0.5) is 0 Å². The Labute approximate surface area is 93.6 Å². The van der Waals surface area contributed by atoms with Crippen LogP contribution in [0.15, 0.2) is 23.9 Å². The van der Waals surface area contributed by atoms with Gasteiger partial charge in [0.15, 0.2) is 0 Å². The molecule has 0 N–H and O–H groups in total. The molecule has 0 spiro atoms. The summed E-state index contributed by atoms with van der Waals surface area (Å²) < 4.78 is 1.91. The van der Waals surface area contributed by atoms with E-state index in [-0.39, 0.29) is 5.57 Å². The fourth-order valence-electron chi connectivity index (χ4n) is 1.24. The number of nitrogens with zero attached hydrogens (tertiary/aromatic N) is 3. The van der Waals surface area contributed by atoms with Crippen molar-refractivity contribution in [2.24, 2.45) is 7.05 Å². The molecule has 0 aromatic carbocycles. The first-order valence-corrected chi connectivity index (χ1v) is 5.52. The highest BCUT2D eigenvalue weighted by molar-refractivity contribution is 8.08. The SMILES string of the molecule is CCSC(=C(C#N)C#N)c1cccn1C. The largest absolute Gasteiger partial charge is 0.350 e. The molecule has 0 saturated heterocycles. The number of nitriles is 2. The second-order valence-corrected chi connectivity index (χ2v) is 4.14. The predicted molar refractivity (Wildman–Crippen MR) is 61.7 cm³/mol. The fraction of sp³-hybridized carbons (Fsp3) is 0.273. The minimum Gasteiger partial charge on any atom is -0.350 e. The van der Waals surface area contributed by atoms with Gasteiger partial charge in [-0.05, 0) is 17.9 Å². The number of hydrogen-bond donors (Lipinski definition) is 0. The highest BCUT2D eigenvalue weighted by Crippen LogP contribution is 2.30. The summed E-state index contributed by atoms with van der Waals surface area (Å²) >= 11 is 1.52. The maximum Gasteiger partial charge on any atom is 0.145 e. The maximum absolute atomic E-state index is 8.86. The minimum atomic E-state index is 0.184. The van der Waals surface area contributed by atoms with Crippen molar-refractivity contribution in [3.05, 3.63) is 29.6 Å². The van der Waals surface area contributed by atoms with Crippen LogP contribution < -0.4 is 0 Å². The van der Waals surface area contributed by atoms with Crippen LogP contribution in [0.5, 0.6) is 0 Å². The van der Waals surface area contributed by atoms with Gasteiger partial charge in [0.25, 0.3) is 0 Å². The fourth-order valence-corrected chi connectivity index (χ4v) is 2.13. The van der Waals surface area contributed by atoms with E-state index < -0.39 is 0 Å². The minimum absolute atomic E-state index is 0.184. The molecule has 0 aliphatic rings. The first kappa shape index (κ1) is 11.4. The van der Waals surface area contributed by atoms with Gasteiger partial charge in [-0.2, -0.15) is 10.5 Å². The topological polar surface area (TPSA) is 52.5 Å². The number of aromatic nitrogens is 1. The molecule has 0 unspecified atom stereocenters. The van der Waals surface area contributed by atoms with E-state index in [0.29, 0.717) is 0 Å². The zero-order chi connectivity index (χ0) is 11.3. The Bertz CT molecular complexity index is 441. The molecule has 1 aromatic heterocycles. The van der Waals surface area contributed by atoms with Crippen molar-refractivity contribution in [3.63, 3.8) is 0 Å². The van der Waals surface area contributed by atoms with Crippen LogP contribution >= 0.6 is 11.8 Å². The summed E-state index contributed by atoms with van der Waals surface area (Å²) in [5, 5.41) is 17.7. The van der Waals surface area contributed by atoms with Crippen LogP contribution in [0, 0.1) is 22.7 Å². The molecule has 4 heteroatoms. The van der Waals surface area contributed by atoms with Crippen LogP contribution in [0.2, 0.25) is 0 Å². The van der Waals surface area contributed by atoms with Crippen LogP contribution in [-0.4, -0.2) is 10.3 Å². The molecule has 1 heterocycles. The number of rotatable bonds is 3. The van der Waals surface area contributed by atoms with Gasteiger partial charge in [0.1, 0.15) is 17.7 Å². The predicted octanol–water partition coefficient (Wildman–Crippen LogP) is 2.54. The van der Waals surface area contributed by atoms with Gasteiger partial charge < -0.3 is 4.57 Å². The summed E-state index contributed by atoms with van der Waals surface area (Å²) in [6.45, 7) is 2.00. The summed E-state index contributed by atoms with van der Waals surface area (Å²) in [7, 11) is 1.90. The van der Waals surface area contributed by atoms with E-state index in [2.05, 4.69) is 0 Å². The number of hydrogen-bond acceptors (Lipinski definition) is 3. The van der Waals surface area contributed by atoms with Crippen LogP contribution in [0.1, 0.15) is 12.6 Å². The summed E-state index contributed by atoms with van der Waals surface area (Å²) in [6, 6.07) is 7.68. The van der Waals surface area contributed by atoms with Crippen molar-refractivity contribution in [2.45, 2.75) is 6.92 Å². The lowest BCUT2D eigenvalue weighted by molar-refractivity contribution is 0.913. The third-order valence-electron chi connectivity index (χ3n) is 1.92. The van der Waals surface area contributed by atoms with E-state index in [9.17, 15) is 0 Å². The highest BCUT2D eigenvalue weighted by Gasteiger charge is 2.11. The van der Waals surface area contributed by atoms with Crippen molar-refractivity contribution < 1.29 is 0 Å². The number of allylic oxidation sites excluding steroid dienone is 1. The van der Waals surface area contributed by atoms with E-state index in [1.165, 1.54) is 11.8 Å². The van der Waals surface area contributed by atoms with E-state index in [1.807, 2.05) is 49.0 Å². The molecule has 3 nitrogen and oxygen atoms in total. The average molecular weight is 217 g/mol. The second kappa shape index (κ2) is 5.29. The Morgan fingerprint density at radius 2 is 2.13 bits per heavy atom. The van der Waals surface area contributed by atoms with Gasteiger partial charge in [-0.15, -0.1) is 11.8 Å². The molecule has 15 heavy (non-hydrogen) atoms. The molecular weight excluding hydrogens is 206 g/mol. The Kier molecular flexibility index (Phi) is 4.03. The molecule has 0 amide bonds. The second-order valence-electron chi connectivity index (χ2n) is 2.87. The van der Waals surface area contributed by atoms with Crippen molar-refractivity contribution in [3.8, 4) is 12.1 Å². The lowest BCUT2D eigenvalue weighted by atomic mass is 10.2. The average Bonchev–Trinajstić information content (AvgIpc) is 2.65. The smallest absolute Gasteiger partial charge is 0.145 e. The van der Waals surface area contributed by atoms with Crippen LogP contribution in [-0.2, 0) is 7.05 Å². The molecule has 0 aliphatic heterocycles. The molecule has 0 saturated carbocycles. The highest BCUT2D eigenvalue weighted by atomic mass is 32.2. The first-order valence-electron chi connectivity index (χ1n) is 4.53. The van der Waals surface area contributed by atoms with Crippen molar-refractivity contribution in [1.82, 2.24) is 4.57 Å². The van der Waals surface area contributed by atoms with Gasteiger partial charge >= 0.3 is 0 Å². The summed E-state index contributed by atoms with van der Waals surface area (Å²) in [5.74, 6) is 0.841. The van der Waals surface area contributed by atoms with E-state index in [0.717, 1.165) is 16.4 Å². The van der Waals surface area contributed by atoms with Gasteiger partial charge in [-0.1, -0.05) is 6.92 Å². The monoisotopic (exact) mass is 217 g/mol. The Morgan fingerprint density at radius 3 is 2.53 bits per heavy atom. The van der Waals surface area contributed by atoms with Crippen LogP contribution in [0.3, 0.4) is 0 Å². The molecule has 76 valence electrons. The molecular formula is C11H11N3S. The zero-order valence-electron chi connectivity index (χ0n) is 8.69. The van der Waals surface area contributed by atoms with Gasteiger partial charge in [-0.25, -0.2) is 0 Å². The molecule has 1 aromatic rings. The quantitative estimate of drug-likeness (QED) is 0.731. The standard InChI is InChI=1S/C11H11N3S/c1-3-15-11(9(7-12)8-13)10-5-4-6-14(10)2/h4-6H,3H2,1-2H3. The van der Waals surface area contributed by atoms with E-state index >= 15 is 0 Å². The molecule has 0 atom stereocenters. The van der Waals surface area contributed by atoms with Crippen molar-refractivity contribution in [2.75, 3.05) is 5.75 Å². The first-order chi connectivity index (χ1) is 7.24. The van der Waals surface area contributed by atoms with E-state index in [1.54, 1.807) is 0 Å². The van der Waals surface area contributed by atoms with E-state index in [4.69, 9.17) is 10.5 Å². The Balaban J connectivity index is 3.28. The van der Waals surface area contributed by atoms with Crippen molar-refractivity contribution in [1.29, 1.82) is 10.5 Å². The van der Waals surface area contributed by atoms with Crippen LogP contribution in [0.25, 0.3) is 4.91 Å². The number of aryl methyl sites for hydroxylation is 1. The molecule has 1 rings (SSSR count). The van der Waals surface area contributed by atoms with Gasteiger partial charge in [0, 0.05) is 13.2 Å². The normalized spacial score (nSPS) is 9.07. The summed E-state index contributed by atoms with van der Waals surface area (Å²) in [6.07, 6.45) is 1.90. The zero-order valence-corrected chi connectivity index (χ0v) is 9.51. The molecule has 0 bridgehead atoms. The summed E-state index contributed by atoms with van der Waals surface area (Å²) in [5.41, 5.74) is 1.10. The van der Waals surface area contributed by atoms with Gasteiger partial charge in [0.05, 0.1) is 10.6 Å². The van der Waals surface area contributed by atoms with Gasteiger partial charge in [-0.3, -0.25) is 0 Å². The lowest BCUT2D eigenvalue weighted by Gasteiger charge is -2.06. The Morgan fingerprint density at radius 1 is 1.47 bits per heavy atom. The molecule has 0 radical (unpaired) electrons. The van der Waals surface area contributed by atoms with Crippen molar-refractivity contribution >= 4 is 16.7 Å². The number of thioether (sulfide) groups is 1. The molecule has 0 aliphatic carbocycles. The molecule has 0 fully saturated rings. The maximum atomic E-state index is 8.86. The Hall–Kier alpha value is -1.65.